The molecule has 0 aromatic heterocycles. The summed E-state index contributed by atoms with van der Waals surface area (Å²) >= 11 is 0. The zero-order valence-electron chi connectivity index (χ0n) is 16.7. The molecule has 0 aliphatic carbocycles. The van der Waals surface area contributed by atoms with Crippen LogP contribution in [0.4, 0.5) is 4.79 Å². The van der Waals surface area contributed by atoms with E-state index in [2.05, 4.69) is 30.5 Å². The standard InChI is InChI=1S/C12H20N5O13P3/c1-6-7(2)17(12(19)14-11(6)18)10-3-8(15-16-13)9(28-10)4-27-5-31(20,21)29-33(25,26)30-32(22,23)24/h7-10H,1,3-5H2,2H3,(H,20,21)(H,25,26)(H,14,18,19)(H2,22,23,24)/t7?,8-,9+,10+/m0/s1. The number of azide groups is 1. The van der Waals surface area contributed by atoms with E-state index in [0.29, 0.717) is 0 Å². The fourth-order valence-electron chi connectivity index (χ4n) is 3.00. The Hall–Kier alpha value is -1.64. The average molecular weight is 535 g/mol. The number of carbonyl (C=O) groups excluding carboxylic acids is 2. The number of urea groups is 1. The first-order valence-electron chi connectivity index (χ1n) is 8.78. The Morgan fingerprint density at radius 2 is 1.91 bits per heavy atom. The van der Waals surface area contributed by atoms with Crippen molar-refractivity contribution in [3.05, 3.63) is 22.6 Å². The number of carbonyl (C=O) groups is 2. The van der Waals surface area contributed by atoms with E-state index in [1.165, 1.54) is 6.92 Å². The third-order valence-electron chi connectivity index (χ3n) is 4.36. The van der Waals surface area contributed by atoms with E-state index in [1.807, 2.05) is 0 Å². The number of amides is 3. The molecule has 2 rings (SSSR count). The zero-order chi connectivity index (χ0) is 25.2. The third kappa shape index (κ3) is 7.69. The molecule has 2 heterocycles. The van der Waals surface area contributed by atoms with Crippen molar-refractivity contribution in [2.45, 2.75) is 37.8 Å². The first-order chi connectivity index (χ1) is 15.1. The van der Waals surface area contributed by atoms with Gasteiger partial charge in [0.15, 0.2) is 0 Å². The molecule has 0 saturated carbocycles. The molecule has 0 aromatic rings. The molecule has 2 aliphatic heterocycles. The Morgan fingerprint density at radius 3 is 2.48 bits per heavy atom. The Bertz CT molecular complexity index is 1010. The fraction of sp³-hybridized carbons (Fsp3) is 0.667. The Labute approximate surface area is 185 Å². The van der Waals surface area contributed by atoms with Gasteiger partial charge in [-0.2, -0.15) is 4.31 Å². The van der Waals surface area contributed by atoms with Gasteiger partial charge in [0.1, 0.15) is 12.6 Å². The quantitative estimate of drug-likeness (QED) is 0.0847. The van der Waals surface area contributed by atoms with Crippen LogP contribution in [0.15, 0.2) is 17.3 Å². The molecule has 6 atom stereocenters. The van der Waals surface area contributed by atoms with Gasteiger partial charge < -0.3 is 29.0 Å². The van der Waals surface area contributed by atoms with Crippen molar-refractivity contribution in [1.29, 1.82) is 0 Å². The van der Waals surface area contributed by atoms with Crippen molar-refractivity contribution in [2.75, 3.05) is 13.0 Å². The highest BCUT2D eigenvalue weighted by molar-refractivity contribution is 7.68. The number of phosphoric acid groups is 2. The van der Waals surface area contributed by atoms with Crippen molar-refractivity contribution in [3.63, 3.8) is 0 Å². The van der Waals surface area contributed by atoms with Gasteiger partial charge in [0.05, 0.1) is 24.8 Å². The number of nitrogens with zero attached hydrogens (tertiary/aromatic N) is 4. The van der Waals surface area contributed by atoms with Gasteiger partial charge in [-0.3, -0.25) is 19.6 Å². The second kappa shape index (κ2) is 10.3. The molecule has 0 spiro atoms. The molecule has 186 valence electrons. The summed E-state index contributed by atoms with van der Waals surface area (Å²) in [6.45, 7) is 4.60. The largest absolute Gasteiger partial charge is 0.488 e. The minimum Gasteiger partial charge on any atom is -0.366 e. The lowest BCUT2D eigenvalue weighted by atomic mass is 10.0. The van der Waals surface area contributed by atoms with E-state index >= 15 is 0 Å². The van der Waals surface area contributed by atoms with Gasteiger partial charge in [-0.25, -0.2) is 18.2 Å². The summed E-state index contributed by atoms with van der Waals surface area (Å²) in [5, 5.41) is 5.60. The summed E-state index contributed by atoms with van der Waals surface area (Å²) in [6.07, 6.45) is -3.29. The lowest BCUT2D eigenvalue weighted by molar-refractivity contribution is -0.120. The van der Waals surface area contributed by atoms with Gasteiger partial charge in [0, 0.05) is 16.9 Å². The molecule has 2 saturated heterocycles. The van der Waals surface area contributed by atoms with Crippen molar-refractivity contribution < 1.29 is 61.0 Å². The topological polar surface area (TPSA) is 267 Å². The highest BCUT2D eigenvalue weighted by Crippen LogP contribution is 2.65. The number of nitrogens with one attached hydrogen (secondary N) is 1. The number of hydrogen-bond donors (Lipinski definition) is 5. The molecular formula is C12H20N5O13P3. The molecule has 2 aliphatic rings. The molecule has 0 aromatic carbocycles. The van der Waals surface area contributed by atoms with Crippen molar-refractivity contribution in [1.82, 2.24) is 10.2 Å². The maximum absolute atomic E-state index is 12.2. The van der Waals surface area contributed by atoms with Crippen LogP contribution in [0.5, 0.6) is 0 Å². The monoisotopic (exact) mass is 535 g/mol. The van der Waals surface area contributed by atoms with E-state index in [9.17, 15) is 28.2 Å². The van der Waals surface area contributed by atoms with E-state index in [-0.39, 0.29) is 12.0 Å². The highest BCUT2D eigenvalue weighted by Gasteiger charge is 2.45. The molecule has 21 heteroatoms. The lowest BCUT2D eigenvalue weighted by Crippen LogP contribution is -2.58. The molecule has 5 N–H and O–H groups in total. The fourth-order valence-corrected chi connectivity index (χ4v) is 6.28. The van der Waals surface area contributed by atoms with Crippen LogP contribution in [0.2, 0.25) is 0 Å². The Balaban J connectivity index is 2.01. The summed E-state index contributed by atoms with van der Waals surface area (Å²) in [5.74, 6) is -0.657. The molecule has 0 radical (unpaired) electrons. The van der Waals surface area contributed by atoms with Gasteiger partial charge in [-0.05, 0) is 12.5 Å². The van der Waals surface area contributed by atoms with Crippen LogP contribution in [-0.4, -0.2) is 73.8 Å². The van der Waals surface area contributed by atoms with Gasteiger partial charge in [0.25, 0.3) is 5.91 Å². The van der Waals surface area contributed by atoms with Crippen molar-refractivity contribution >= 4 is 35.2 Å². The molecule has 2 fully saturated rings. The minimum absolute atomic E-state index is 0.0213. The van der Waals surface area contributed by atoms with E-state index < -0.39 is 72.5 Å². The number of imide groups is 1. The average Bonchev–Trinajstić information content (AvgIpc) is 2.99. The summed E-state index contributed by atoms with van der Waals surface area (Å²) in [5.41, 5.74) is 8.85. The SMILES string of the molecule is C=C1C(=O)NC(=O)N([C@H]2C[C@H](N=[N+]=[N-])[C@@H](COCP(=O)(O)OP(=O)(O)OP(=O)(O)O)O2)C1C. The maximum Gasteiger partial charge on any atom is 0.488 e. The normalized spacial score (nSPS) is 29.7. The zero-order valence-corrected chi connectivity index (χ0v) is 19.4. The van der Waals surface area contributed by atoms with Crippen LogP contribution in [0, 0.1) is 0 Å². The molecule has 33 heavy (non-hydrogen) atoms. The molecule has 0 bridgehead atoms. The first-order valence-corrected chi connectivity index (χ1v) is 13.6. The highest BCUT2D eigenvalue weighted by atomic mass is 31.3. The van der Waals surface area contributed by atoms with Crippen molar-refractivity contribution in [2.24, 2.45) is 5.11 Å². The van der Waals surface area contributed by atoms with Crippen LogP contribution in [0.25, 0.3) is 10.4 Å². The van der Waals surface area contributed by atoms with Crippen LogP contribution < -0.4 is 5.32 Å². The molecule has 3 amide bonds. The predicted octanol–water partition coefficient (Wildman–Crippen LogP) is 0.663. The van der Waals surface area contributed by atoms with Crippen LogP contribution in [-0.2, 0) is 36.6 Å². The summed E-state index contributed by atoms with van der Waals surface area (Å²) < 4.78 is 51.8. The number of rotatable bonds is 10. The maximum atomic E-state index is 12.2. The molecular weight excluding hydrogens is 515 g/mol. The lowest BCUT2D eigenvalue weighted by Gasteiger charge is -2.37. The predicted molar refractivity (Wildman–Crippen MR) is 105 cm³/mol. The third-order valence-corrected chi connectivity index (χ3v) is 8.39. The number of ether oxygens (including phenoxy) is 2. The summed E-state index contributed by atoms with van der Waals surface area (Å²) in [4.78, 5) is 63.5. The van der Waals surface area contributed by atoms with Gasteiger partial charge in [-0.15, -0.1) is 0 Å². The first kappa shape index (κ1) is 27.6. The van der Waals surface area contributed by atoms with Crippen LogP contribution in [0.3, 0.4) is 0 Å². The van der Waals surface area contributed by atoms with E-state index in [4.69, 9.17) is 29.7 Å². The van der Waals surface area contributed by atoms with Gasteiger partial charge in [0.2, 0.25) is 0 Å². The second-order valence-electron chi connectivity index (χ2n) is 6.76. The molecule has 18 nitrogen and oxygen atoms in total. The molecule has 3 unspecified atom stereocenters. The minimum atomic E-state index is -5.62. The van der Waals surface area contributed by atoms with Gasteiger partial charge in [-0.1, -0.05) is 11.7 Å². The van der Waals surface area contributed by atoms with Gasteiger partial charge >= 0.3 is 29.3 Å². The van der Waals surface area contributed by atoms with Crippen LogP contribution in [0.1, 0.15) is 13.3 Å². The van der Waals surface area contributed by atoms with Crippen molar-refractivity contribution in [3.8, 4) is 0 Å². The van der Waals surface area contributed by atoms with Crippen LogP contribution >= 0.6 is 23.2 Å². The number of hydrogen-bond acceptors (Lipinski definition) is 10. The van der Waals surface area contributed by atoms with E-state index in [1.54, 1.807) is 0 Å². The Morgan fingerprint density at radius 1 is 1.27 bits per heavy atom. The Kier molecular flexibility index (Phi) is 8.63. The smallest absolute Gasteiger partial charge is 0.366 e. The summed E-state index contributed by atoms with van der Waals surface area (Å²) in [6, 6.07) is -2.43. The second-order valence-corrected chi connectivity index (χ2v) is 11.5. The summed E-state index contributed by atoms with van der Waals surface area (Å²) in [7, 11) is -16.2. The van der Waals surface area contributed by atoms with E-state index in [0.717, 1.165) is 4.90 Å².